The SMILES string of the molecule is CS(=O)CCNc1nc2ccc(Br)cn2n1. The van der Waals surface area contributed by atoms with E-state index in [0.29, 0.717) is 18.2 Å². The summed E-state index contributed by atoms with van der Waals surface area (Å²) in [6, 6.07) is 3.79. The van der Waals surface area contributed by atoms with E-state index in [0.717, 1.165) is 10.1 Å². The van der Waals surface area contributed by atoms with Crippen molar-refractivity contribution >= 4 is 38.3 Å². The standard InChI is InChI=1S/C9H11BrN4OS/c1-16(15)5-4-11-9-12-8-3-2-7(10)6-14(8)13-9/h2-3,6H,4-5H2,1H3,(H,11,13). The number of anilines is 1. The van der Waals surface area contributed by atoms with E-state index >= 15 is 0 Å². The minimum atomic E-state index is -0.793. The monoisotopic (exact) mass is 302 g/mol. The highest BCUT2D eigenvalue weighted by atomic mass is 79.9. The molecule has 0 saturated heterocycles. The fourth-order valence-corrected chi connectivity index (χ4v) is 1.96. The van der Waals surface area contributed by atoms with Gasteiger partial charge in [0.15, 0.2) is 5.65 Å². The van der Waals surface area contributed by atoms with Gasteiger partial charge in [0.05, 0.1) is 0 Å². The summed E-state index contributed by atoms with van der Waals surface area (Å²) in [6.45, 7) is 0.612. The van der Waals surface area contributed by atoms with Crippen molar-refractivity contribution in [2.45, 2.75) is 0 Å². The topological polar surface area (TPSA) is 59.3 Å². The summed E-state index contributed by atoms with van der Waals surface area (Å²) in [5, 5.41) is 7.27. The van der Waals surface area contributed by atoms with Gasteiger partial charge in [-0.15, -0.1) is 5.10 Å². The molecule has 0 spiro atoms. The van der Waals surface area contributed by atoms with Crippen molar-refractivity contribution < 1.29 is 4.21 Å². The molecule has 7 heteroatoms. The van der Waals surface area contributed by atoms with Crippen LogP contribution in [0.3, 0.4) is 0 Å². The van der Waals surface area contributed by atoms with Crippen molar-refractivity contribution in [3.63, 3.8) is 0 Å². The average molecular weight is 303 g/mol. The minimum absolute atomic E-state index is 0.559. The lowest BCUT2D eigenvalue weighted by molar-refractivity contribution is 0.687. The first-order valence-electron chi connectivity index (χ1n) is 4.71. The molecule has 0 aliphatic heterocycles. The first-order valence-corrected chi connectivity index (χ1v) is 7.23. The molecule has 0 aliphatic carbocycles. The van der Waals surface area contributed by atoms with Gasteiger partial charge in [-0.25, -0.2) is 4.52 Å². The maximum absolute atomic E-state index is 10.9. The number of pyridine rings is 1. The fraction of sp³-hybridized carbons (Fsp3) is 0.333. The molecule has 2 rings (SSSR count). The summed E-state index contributed by atoms with van der Waals surface area (Å²) in [5.41, 5.74) is 0.781. The Kier molecular flexibility index (Phi) is 3.55. The van der Waals surface area contributed by atoms with Crippen molar-refractivity contribution in [1.82, 2.24) is 14.6 Å². The summed E-state index contributed by atoms with van der Waals surface area (Å²) in [6.07, 6.45) is 3.52. The van der Waals surface area contributed by atoms with Crippen LogP contribution >= 0.6 is 15.9 Å². The highest BCUT2D eigenvalue weighted by Gasteiger charge is 2.02. The molecule has 0 aromatic carbocycles. The molecule has 0 aliphatic rings. The molecule has 0 amide bonds. The third-order valence-corrected chi connectivity index (χ3v) is 3.22. The Labute approximate surface area is 104 Å². The van der Waals surface area contributed by atoms with Crippen LogP contribution in [0.25, 0.3) is 5.65 Å². The lowest BCUT2D eigenvalue weighted by Crippen LogP contribution is -2.10. The summed E-state index contributed by atoms with van der Waals surface area (Å²) >= 11 is 3.36. The number of rotatable bonds is 4. The predicted molar refractivity (Wildman–Crippen MR) is 68.1 cm³/mol. The minimum Gasteiger partial charge on any atom is -0.352 e. The van der Waals surface area contributed by atoms with Gasteiger partial charge in [-0.2, -0.15) is 4.98 Å². The molecule has 16 heavy (non-hydrogen) atoms. The maximum Gasteiger partial charge on any atom is 0.243 e. The first-order chi connectivity index (χ1) is 7.65. The molecular formula is C9H11BrN4OS. The molecule has 1 N–H and O–H groups in total. The van der Waals surface area contributed by atoms with Gasteiger partial charge in [0.2, 0.25) is 5.95 Å². The van der Waals surface area contributed by atoms with Crippen LogP contribution in [0.2, 0.25) is 0 Å². The van der Waals surface area contributed by atoms with Gasteiger partial charge in [-0.05, 0) is 28.1 Å². The Bertz CT molecular complexity index is 527. The third-order valence-electron chi connectivity index (χ3n) is 1.97. The molecule has 1 atom stereocenters. The van der Waals surface area contributed by atoms with Gasteiger partial charge >= 0.3 is 0 Å². The maximum atomic E-state index is 10.9. The molecule has 0 fully saturated rings. The number of aromatic nitrogens is 3. The number of halogens is 1. The molecule has 1 unspecified atom stereocenters. The highest BCUT2D eigenvalue weighted by molar-refractivity contribution is 9.10. The lowest BCUT2D eigenvalue weighted by atomic mass is 10.5. The Balaban J connectivity index is 2.10. The number of nitrogens with one attached hydrogen (secondary N) is 1. The molecule has 5 nitrogen and oxygen atoms in total. The van der Waals surface area contributed by atoms with Gasteiger partial charge < -0.3 is 5.32 Å². The molecule has 0 radical (unpaired) electrons. The van der Waals surface area contributed by atoms with E-state index in [9.17, 15) is 4.21 Å². The number of nitrogens with zero attached hydrogens (tertiary/aromatic N) is 3. The molecular weight excluding hydrogens is 292 g/mol. The zero-order valence-electron chi connectivity index (χ0n) is 8.68. The van der Waals surface area contributed by atoms with Crippen LogP contribution in [0.15, 0.2) is 22.8 Å². The van der Waals surface area contributed by atoms with Crippen LogP contribution in [-0.2, 0) is 10.8 Å². The second-order valence-electron chi connectivity index (χ2n) is 3.29. The van der Waals surface area contributed by atoms with E-state index in [-0.39, 0.29) is 0 Å². The van der Waals surface area contributed by atoms with Crippen LogP contribution in [-0.4, -0.2) is 37.4 Å². The highest BCUT2D eigenvalue weighted by Crippen LogP contribution is 2.11. The van der Waals surface area contributed by atoms with Crippen molar-refractivity contribution in [2.24, 2.45) is 0 Å². The number of fused-ring (bicyclic) bond motifs is 1. The second kappa shape index (κ2) is 4.92. The van der Waals surface area contributed by atoms with Crippen LogP contribution in [0, 0.1) is 0 Å². The smallest absolute Gasteiger partial charge is 0.243 e. The zero-order valence-corrected chi connectivity index (χ0v) is 11.1. The quantitative estimate of drug-likeness (QED) is 0.924. The van der Waals surface area contributed by atoms with Gasteiger partial charge in [-0.3, -0.25) is 4.21 Å². The van der Waals surface area contributed by atoms with Crippen LogP contribution < -0.4 is 5.32 Å². The van der Waals surface area contributed by atoms with Crippen molar-refractivity contribution in [3.05, 3.63) is 22.8 Å². The normalized spacial score (nSPS) is 12.9. The first kappa shape index (κ1) is 11.5. The Hall–Kier alpha value is -0.950. The van der Waals surface area contributed by atoms with E-state index in [1.807, 2.05) is 18.3 Å². The lowest BCUT2D eigenvalue weighted by Gasteiger charge is -1.97. The van der Waals surface area contributed by atoms with Crippen LogP contribution in [0.1, 0.15) is 0 Å². The Morgan fingerprint density at radius 1 is 1.56 bits per heavy atom. The van der Waals surface area contributed by atoms with Crippen LogP contribution in [0.4, 0.5) is 5.95 Å². The summed E-state index contributed by atoms with van der Waals surface area (Å²) in [5.74, 6) is 1.16. The van der Waals surface area contributed by atoms with Gasteiger partial charge in [0, 0.05) is 40.0 Å². The molecule has 2 aromatic rings. The largest absolute Gasteiger partial charge is 0.352 e. The Morgan fingerprint density at radius 2 is 2.38 bits per heavy atom. The van der Waals surface area contributed by atoms with Crippen LogP contribution in [0.5, 0.6) is 0 Å². The van der Waals surface area contributed by atoms with Gasteiger partial charge in [0.1, 0.15) is 0 Å². The van der Waals surface area contributed by atoms with E-state index in [1.165, 1.54) is 0 Å². The number of hydrogen-bond acceptors (Lipinski definition) is 4. The summed E-state index contributed by atoms with van der Waals surface area (Å²) < 4.78 is 13.5. The average Bonchev–Trinajstić information content (AvgIpc) is 2.58. The number of hydrogen-bond donors (Lipinski definition) is 1. The molecule has 2 heterocycles. The van der Waals surface area contributed by atoms with E-state index < -0.39 is 10.8 Å². The molecule has 0 saturated carbocycles. The van der Waals surface area contributed by atoms with Crippen molar-refractivity contribution in [2.75, 3.05) is 23.9 Å². The van der Waals surface area contributed by atoms with Crippen molar-refractivity contribution in [1.29, 1.82) is 0 Å². The molecule has 2 aromatic heterocycles. The molecule has 86 valence electrons. The van der Waals surface area contributed by atoms with Gasteiger partial charge in [-0.1, -0.05) is 0 Å². The van der Waals surface area contributed by atoms with Gasteiger partial charge in [0.25, 0.3) is 0 Å². The summed E-state index contributed by atoms with van der Waals surface area (Å²) in [4.78, 5) is 4.27. The second-order valence-corrected chi connectivity index (χ2v) is 5.76. The molecule has 0 bridgehead atoms. The van der Waals surface area contributed by atoms with E-state index in [4.69, 9.17) is 0 Å². The van der Waals surface area contributed by atoms with E-state index in [1.54, 1.807) is 10.8 Å². The fourth-order valence-electron chi connectivity index (χ4n) is 1.24. The van der Waals surface area contributed by atoms with E-state index in [2.05, 4.69) is 31.3 Å². The predicted octanol–water partition coefficient (Wildman–Crippen LogP) is 1.28. The van der Waals surface area contributed by atoms with Crippen molar-refractivity contribution in [3.8, 4) is 0 Å². The third kappa shape index (κ3) is 2.79. The summed E-state index contributed by atoms with van der Waals surface area (Å²) in [7, 11) is -0.793. The zero-order chi connectivity index (χ0) is 11.5. The Morgan fingerprint density at radius 3 is 3.12 bits per heavy atom.